The van der Waals surface area contributed by atoms with Gasteiger partial charge in [0.25, 0.3) is 0 Å². The lowest BCUT2D eigenvalue weighted by Crippen LogP contribution is -2.37. The number of hydrogen-bond donors (Lipinski definition) is 1. The molecule has 1 aromatic rings. The number of nitrogens with one attached hydrogen (secondary N) is 1. The fourth-order valence-corrected chi connectivity index (χ4v) is 1.40. The summed E-state index contributed by atoms with van der Waals surface area (Å²) in [6.45, 7) is 9.34. The normalized spacial score (nSPS) is 13.5. The van der Waals surface area contributed by atoms with Gasteiger partial charge in [0.2, 0.25) is 0 Å². The first kappa shape index (κ1) is 14.0. The highest BCUT2D eigenvalue weighted by molar-refractivity contribution is 5.29. The maximum atomic E-state index is 13.5. The summed E-state index contributed by atoms with van der Waals surface area (Å²) in [5.41, 5.74) is 1.13. The first-order valence-corrected chi connectivity index (χ1v) is 5.90. The Labute approximate surface area is 103 Å². The molecule has 0 saturated heterocycles. The summed E-state index contributed by atoms with van der Waals surface area (Å²) in [6, 6.07) is 5.42. The standard InChI is InChI=1S/C14H22FNO/c1-10(14(2,3)4)16-9-11-6-7-13(17-5)12(15)8-11/h6-8,10,16H,9H2,1-5H3. The summed E-state index contributed by atoms with van der Waals surface area (Å²) in [4.78, 5) is 0. The lowest BCUT2D eigenvalue weighted by Gasteiger charge is -2.28. The number of rotatable bonds is 4. The van der Waals surface area contributed by atoms with Crippen LogP contribution in [0.2, 0.25) is 0 Å². The summed E-state index contributed by atoms with van der Waals surface area (Å²) >= 11 is 0. The molecule has 96 valence electrons. The average molecular weight is 239 g/mol. The molecule has 0 heterocycles. The zero-order valence-electron chi connectivity index (χ0n) is 11.3. The largest absolute Gasteiger partial charge is 0.494 e. The van der Waals surface area contributed by atoms with Gasteiger partial charge in [-0.1, -0.05) is 26.8 Å². The van der Waals surface area contributed by atoms with E-state index in [1.54, 1.807) is 6.07 Å². The van der Waals surface area contributed by atoms with E-state index >= 15 is 0 Å². The maximum Gasteiger partial charge on any atom is 0.165 e. The molecule has 0 spiro atoms. The van der Waals surface area contributed by atoms with Crippen LogP contribution in [0, 0.1) is 11.2 Å². The molecule has 0 aliphatic heterocycles. The van der Waals surface area contributed by atoms with E-state index in [2.05, 4.69) is 33.0 Å². The van der Waals surface area contributed by atoms with Crippen molar-refractivity contribution in [2.45, 2.75) is 40.3 Å². The first-order chi connectivity index (χ1) is 7.84. The van der Waals surface area contributed by atoms with Gasteiger partial charge in [-0.3, -0.25) is 0 Å². The second-order valence-electron chi connectivity index (χ2n) is 5.44. The third-order valence-electron chi connectivity index (χ3n) is 3.13. The third kappa shape index (κ3) is 4.00. The van der Waals surface area contributed by atoms with Gasteiger partial charge in [-0.05, 0) is 30.0 Å². The van der Waals surface area contributed by atoms with E-state index in [9.17, 15) is 4.39 Å². The Hall–Kier alpha value is -1.09. The highest BCUT2D eigenvalue weighted by atomic mass is 19.1. The minimum Gasteiger partial charge on any atom is -0.494 e. The molecule has 0 bridgehead atoms. The van der Waals surface area contributed by atoms with Crippen LogP contribution in [-0.4, -0.2) is 13.2 Å². The number of methoxy groups -OCH3 is 1. The van der Waals surface area contributed by atoms with Crippen LogP contribution in [-0.2, 0) is 6.54 Å². The molecule has 0 saturated carbocycles. The van der Waals surface area contributed by atoms with Crippen molar-refractivity contribution in [3.05, 3.63) is 29.6 Å². The molecule has 1 rings (SSSR count). The molecule has 1 unspecified atom stereocenters. The molecule has 17 heavy (non-hydrogen) atoms. The first-order valence-electron chi connectivity index (χ1n) is 5.90. The van der Waals surface area contributed by atoms with Gasteiger partial charge in [-0.25, -0.2) is 4.39 Å². The van der Waals surface area contributed by atoms with E-state index in [4.69, 9.17) is 4.74 Å². The summed E-state index contributed by atoms with van der Waals surface area (Å²) in [7, 11) is 1.47. The van der Waals surface area contributed by atoms with Crippen molar-refractivity contribution in [3.63, 3.8) is 0 Å². The molecule has 1 aromatic carbocycles. The second kappa shape index (κ2) is 5.50. The van der Waals surface area contributed by atoms with Gasteiger partial charge in [0.15, 0.2) is 11.6 Å². The van der Waals surface area contributed by atoms with E-state index in [0.717, 1.165) is 5.56 Å². The Morgan fingerprint density at radius 2 is 2.00 bits per heavy atom. The van der Waals surface area contributed by atoms with E-state index in [1.165, 1.54) is 13.2 Å². The van der Waals surface area contributed by atoms with Crippen LogP contribution < -0.4 is 10.1 Å². The average Bonchev–Trinajstić information content (AvgIpc) is 2.24. The molecule has 1 N–H and O–H groups in total. The van der Waals surface area contributed by atoms with Crippen LogP contribution in [0.15, 0.2) is 18.2 Å². The van der Waals surface area contributed by atoms with Crippen molar-refractivity contribution in [3.8, 4) is 5.75 Å². The van der Waals surface area contributed by atoms with Crippen LogP contribution in [0.3, 0.4) is 0 Å². The summed E-state index contributed by atoms with van der Waals surface area (Å²) < 4.78 is 18.3. The summed E-state index contributed by atoms with van der Waals surface area (Å²) in [6.07, 6.45) is 0. The molecule has 0 aliphatic rings. The van der Waals surface area contributed by atoms with E-state index < -0.39 is 0 Å². The van der Waals surface area contributed by atoms with Gasteiger partial charge in [0.1, 0.15) is 0 Å². The lowest BCUT2D eigenvalue weighted by atomic mass is 9.88. The van der Waals surface area contributed by atoms with Crippen molar-refractivity contribution in [2.75, 3.05) is 7.11 Å². The quantitative estimate of drug-likeness (QED) is 0.870. The van der Waals surface area contributed by atoms with Crippen LogP contribution in [0.1, 0.15) is 33.3 Å². The van der Waals surface area contributed by atoms with Crippen LogP contribution in [0.5, 0.6) is 5.75 Å². The predicted molar refractivity (Wildman–Crippen MR) is 68.7 cm³/mol. The Balaban J connectivity index is 2.61. The molecule has 1 atom stereocenters. The fraction of sp³-hybridized carbons (Fsp3) is 0.571. The van der Waals surface area contributed by atoms with Gasteiger partial charge in [-0.2, -0.15) is 0 Å². The second-order valence-corrected chi connectivity index (χ2v) is 5.44. The van der Waals surface area contributed by atoms with Gasteiger partial charge >= 0.3 is 0 Å². The number of hydrogen-bond acceptors (Lipinski definition) is 2. The monoisotopic (exact) mass is 239 g/mol. The number of halogens is 1. The number of ether oxygens (including phenoxy) is 1. The Morgan fingerprint density at radius 1 is 1.35 bits per heavy atom. The molecule has 0 amide bonds. The van der Waals surface area contributed by atoms with Gasteiger partial charge in [0, 0.05) is 12.6 Å². The van der Waals surface area contributed by atoms with Crippen LogP contribution >= 0.6 is 0 Å². The molecule has 0 aliphatic carbocycles. The van der Waals surface area contributed by atoms with Crippen molar-refractivity contribution in [1.29, 1.82) is 0 Å². The third-order valence-corrected chi connectivity index (χ3v) is 3.13. The topological polar surface area (TPSA) is 21.3 Å². The van der Waals surface area contributed by atoms with Gasteiger partial charge in [-0.15, -0.1) is 0 Å². The molecule has 0 aromatic heterocycles. The van der Waals surface area contributed by atoms with E-state index in [1.807, 2.05) is 6.07 Å². The minimum atomic E-state index is -0.310. The smallest absolute Gasteiger partial charge is 0.165 e. The number of benzene rings is 1. The predicted octanol–water partition coefficient (Wildman–Crippen LogP) is 3.36. The highest BCUT2D eigenvalue weighted by Gasteiger charge is 2.19. The molecule has 3 heteroatoms. The van der Waals surface area contributed by atoms with Crippen LogP contribution in [0.4, 0.5) is 4.39 Å². The molecule has 2 nitrogen and oxygen atoms in total. The zero-order chi connectivity index (χ0) is 13.1. The van der Waals surface area contributed by atoms with Crippen molar-refractivity contribution in [2.24, 2.45) is 5.41 Å². The SMILES string of the molecule is COc1ccc(CNC(C)C(C)(C)C)cc1F. The molecule has 0 radical (unpaired) electrons. The van der Waals surface area contributed by atoms with E-state index in [0.29, 0.717) is 12.6 Å². The Morgan fingerprint density at radius 3 is 2.47 bits per heavy atom. The summed E-state index contributed by atoms with van der Waals surface area (Å²) in [5, 5.41) is 3.40. The van der Waals surface area contributed by atoms with E-state index in [-0.39, 0.29) is 17.0 Å². The van der Waals surface area contributed by atoms with Crippen molar-refractivity contribution >= 4 is 0 Å². The molecular formula is C14H22FNO. The Bertz CT molecular complexity index is 371. The van der Waals surface area contributed by atoms with Crippen LogP contribution in [0.25, 0.3) is 0 Å². The molecular weight excluding hydrogens is 217 g/mol. The Kier molecular flexibility index (Phi) is 4.52. The van der Waals surface area contributed by atoms with Gasteiger partial charge in [0.05, 0.1) is 7.11 Å². The summed E-state index contributed by atoms with van der Waals surface area (Å²) in [5.74, 6) is -0.0205. The molecule has 0 fully saturated rings. The maximum absolute atomic E-state index is 13.5. The van der Waals surface area contributed by atoms with Gasteiger partial charge < -0.3 is 10.1 Å². The highest BCUT2D eigenvalue weighted by Crippen LogP contribution is 2.20. The minimum absolute atomic E-state index is 0.199. The van der Waals surface area contributed by atoms with Crippen molar-refractivity contribution < 1.29 is 9.13 Å². The van der Waals surface area contributed by atoms with Crippen molar-refractivity contribution in [1.82, 2.24) is 5.32 Å². The lowest BCUT2D eigenvalue weighted by molar-refractivity contribution is 0.285. The zero-order valence-corrected chi connectivity index (χ0v) is 11.3. The fourth-order valence-electron chi connectivity index (χ4n) is 1.40.